The first-order chi connectivity index (χ1) is 28.8. The first kappa shape index (κ1) is 56.3. The number of carbonyl (C=O) groups excluding carboxylic acids is 2. The maximum atomic E-state index is 12.7. The van der Waals surface area contributed by atoms with Gasteiger partial charge < -0.3 is 34.0 Å². The van der Waals surface area contributed by atoms with Crippen LogP contribution in [0.4, 0.5) is 0 Å². The lowest BCUT2D eigenvalue weighted by atomic mass is 10.1. The number of unbranched alkanes of at least 4 members (excludes halogenated alkanes) is 17. The normalized spacial score (nSPS) is 17.7. The van der Waals surface area contributed by atoms with E-state index in [4.69, 9.17) is 33.0 Å². The average molecular weight is 895 g/mol. The van der Waals surface area contributed by atoms with Crippen molar-refractivity contribution in [1.29, 1.82) is 0 Å². The molecule has 0 spiro atoms. The Balaban J connectivity index is 2.35. The summed E-state index contributed by atoms with van der Waals surface area (Å²) in [6, 6.07) is 0. The molecule has 16 heteroatoms. The van der Waals surface area contributed by atoms with Crippen LogP contribution in [-0.4, -0.2) is 82.6 Å². The lowest BCUT2D eigenvalue weighted by Gasteiger charge is -2.20. The third kappa shape index (κ3) is 36.9. The van der Waals surface area contributed by atoms with Crippen LogP contribution in [0, 0.1) is 0 Å². The van der Waals surface area contributed by atoms with Gasteiger partial charge in [-0.05, 0) is 70.6 Å². The molecule has 5 atom stereocenters. The van der Waals surface area contributed by atoms with Gasteiger partial charge in [0.2, 0.25) is 0 Å². The summed E-state index contributed by atoms with van der Waals surface area (Å²) >= 11 is 0. The number of hydrogen-bond donors (Lipinski definition) is 4. The van der Waals surface area contributed by atoms with E-state index < -0.39 is 66.2 Å². The number of phosphoric ester groups is 2. The van der Waals surface area contributed by atoms with E-state index in [2.05, 4.69) is 54.8 Å². The molecule has 1 aliphatic rings. The lowest BCUT2D eigenvalue weighted by molar-refractivity contribution is -0.161. The van der Waals surface area contributed by atoms with Crippen LogP contribution in [0.15, 0.2) is 36.5 Å². The Kier molecular flexibility index (Phi) is 34.5. The quantitative estimate of drug-likeness (QED) is 0.0148. The number of phosphoric acid groups is 2. The number of hydrogen-bond acceptors (Lipinski definition) is 11. The summed E-state index contributed by atoms with van der Waals surface area (Å²) in [7, 11) is -9.69. The van der Waals surface area contributed by atoms with E-state index >= 15 is 0 Å². The first-order valence-corrected chi connectivity index (χ1v) is 25.8. The Bertz CT molecular complexity index is 1270. The number of aliphatic hydroxyl groups is 1. The van der Waals surface area contributed by atoms with Crippen LogP contribution in [-0.2, 0) is 46.5 Å². The highest BCUT2D eigenvalue weighted by Gasteiger charge is 2.36. The van der Waals surface area contributed by atoms with Crippen molar-refractivity contribution in [1.82, 2.24) is 0 Å². The highest BCUT2D eigenvalue weighted by molar-refractivity contribution is 7.47. The summed E-state index contributed by atoms with van der Waals surface area (Å²) in [6.45, 7) is 1.68. The molecule has 0 aliphatic carbocycles. The Labute approximate surface area is 361 Å². The average Bonchev–Trinajstić information content (AvgIpc) is 3.96. The topological polar surface area (TPSA) is 208 Å². The summed E-state index contributed by atoms with van der Waals surface area (Å²) in [5.74, 6) is -1.06. The van der Waals surface area contributed by atoms with Crippen LogP contribution in [0.2, 0.25) is 0 Å². The van der Waals surface area contributed by atoms with Crippen LogP contribution in [0.25, 0.3) is 0 Å². The first-order valence-electron chi connectivity index (χ1n) is 22.8. The highest BCUT2D eigenvalue weighted by Crippen LogP contribution is 2.44. The number of ether oxygens (including phenoxy) is 3. The van der Waals surface area contributed by atoms with E-state index in [9.17, 15) is 28.7 Å². The Morgan fingerprint density at radius 1 is 0.583 bits per heavy atom. The van der Waals surface area contributed by atoms with Crippen molar-refractivity contribution >= 4 is 27.6 Å². The largest absolute Gasteiger partial charge is 0.472 e. The number of esters is 2. The molecule has 1 fully saturated rings. The summed E-state index contributed by atoms with van der Waals surface area (Å²) in [4.78, 5) is 52.8. The third-order valence-corrected chi connectivity index (χ3v) is 11.4. The molecule has 1 saturated heterocycles. The minimum absolute atomic E-state index is 0.107. The fourth-order valence-electron chi connectivity index (χ4n) is 6.33. The molecule has 0 amide bonds. The predicted octanol–water partition coefficient (Wildman–Crippen LogP) is 10.7. The Hall–Kier alpha value is -1.70. The molecule has 14 nitrogen and oxygen atoms in total. The zero-order valence-electron chi connectivity index (χ0n) is 36.8. The summed E-state index contributed by atoms with van der Waals surface area (Å²) in [5.41, 5.74) is 0. The molecule has 0 aromatic rings. The monoisotopic (exact) mass is 895 g/mol. The van der Waals surface area contributed by atoms with Gasteiger partial charge in [-0.2, -0.15) is 0 Å². The minimum atomic E-state index is -4.87. The predicted molar refractivity (Wildman–Crippen MR) is 234 cm³/mol. The van der Waals surface area contributed by atoms with Gasteiger partial charge in [-0.1, -0.05) is 134 Å². The van der Waals surface area contributed by atoms with Crippen molar-refractivity contribution in [2.75, 3.05) is 26.4 Å². The van der Waals surface area contributed by atoms with Gasteiger partial charge in [-0.15, -0.1) is 0 Å². The zero-order chi connectivity index (χ0) is 44.2. The smallest absolute Gasteiger partial charge is 0.462 e. The van der Waals surface area contributed by atoms with Crippen molar-refractivity contribution < 1.29 is 66.3 Å². The number of epoxide rings is 1. The second-order valence-electron chi connectivity index (χ2n) is 15.7. The van der Waals surface area contributed by atoms with Crippen molar-refractivity contribution in [2.24, 2.45) is 0 Å². The molecule has 0 aromatic heterocycles. The highest BCUT2D eigenvalue weighted by atomic mass is 31.2. The molecule has 3 unspecified atom stereocenters. The molecule has 4 N–H and O–H groups in total. The second kappa shape index (κ2) is 36.8. The molecule has 1 aliphatic heterocycles. The van der Waals surface area contributed by atoms with Gasteiger partial charge in [-0.3, -0.25) is 23.2 Å². The van der Waals surface area contributed by atoms with E-state index in [0.29, 0.717) is 25.0 Å². The van der Waals surface area contributed by atoms with Gasteiger partial charge in [-0.25, -0.2) is 9.13 Å². The van der Waals surface area contributed by atoms with Crippen molar-refractivity contribution in [3.05, 3.63) is 36.5 Å². The molecule has 0 saturated carbocycles. The van der Waals surface area contributed by atoms with Crippen LogP contribution < -0.4 is 0 Å². The van der Waals surface area contributed by atoms with Crippen LogP contribution >= 0.6 is 15.6 Å². The summed E-state index contributed by atoms with van der Waals surface area (Å²) in [6.07, 6.45) is 37.2. The maximum Gasteiger partial charge on any atom is 0.472 e. The van der Waals surface area contributed by atoms with E-state index in [0.717, 1.165) is 83.5 Å². The summed E-state index contributed by atoms with van der Waals surface area (Å²) < 4.78 is 53.6. The SMILES string of the molecule is CCCCC/C=C\C/C=C\CCCCCCCCCC(=O)OC[C@H](COP(=O)(O)OC[C@@H](O)COP(=O)(O)O)OC(=O)CCCCCCCC1OC1C/C=C\CCCCC. The molecule has 60 heavy (non-hydrogen) atoms. The van der Waals surface area contributed by atoms with E-state index in [1.54, 1.807) is 0 Å². The number of carbonyl (C=O) groups is 2. The van der Waals surface area contributed by atoms with Crippen LogP contribution in [0.3, 0.4) is 0 Å². The fourth-order valence-corrected chi connectivity index (χ4v) is 7.48. The summed E-state index contributed by atoms with van der Waals surface area (Å²) in [5, 5.41) is 9.76. The van der Waals surface area contributed by atoms with Crippen LogP contribution in [0.1, 0.15) is 181 Å². The number of aliphatic hydroxyl groups excluding tert-OH is 1. The standard InChI is InChI=1S/C44H80O14P2/c1-3-5-7-9-11-12-13-14-15-16-17-18-19-20-21-25-29-33-43(46)53-37-40(38-56-60(51,52)55-36-39(45)35-54-59(48,49)50)57-44(47)34-30-26-22-24-28-32-42-41(58-42)31-27-23-10-8-6-4-2/h11-12,14-15,23,27,39-42,45H,3-10,13,16-22,24-26,28-38H2,1-2H3,(H,51,52)(H2,48,49,50)/b12-11-,15-14-,27-23-/t39-,40+,41?,42?/m0/s1. The van der Waals surface area contributed by atoms with E-state index in [1.807, 2.05) is 0 Å². The fraction of sp³-hybridized carbons (Fsp3) is 0.818. The second-order valence-corrected chi connectivity index (χ2v) is 18.4. The Morgan fingerprint density at radius 3 is 1.68 bits per heavy atom. The van der Waals surface area contributed by atoms with Gasteiger partial charge in [0, 0.05) is 12.8 Å². The van der Waals surface area contributed by atoms with Gasteiger partial charge in [0.1, 0.15) is 12.7 Å². The molecule has 1 heterocycles. The van der Waals surface area contributed by atoms with Crippen molar-refractivity contribution in [3.8, 4) is 0 Å². The van der Waals surface area contributed by atoms with E-state index in [1.165, 1.54) is 57.8 Å². The minimum Gasteiger partial charge on any atom is -0.462 e. The van der Waals surface area contributed by atoms with Crippen LogP contribution in [0.5, 0.6) is 0 Å². The third-order valence-electron chi connectivity index (χ3n) is 9.92. The molecule has 0 bridgehead atoms. The zero-order valence-corrected chi connectivity index (χ0v) is 38.5. The molecular formula is C44H80O14P2. The lowest BCUT2D eigenvalue weighted by Crippen LogP contribution is -2.30. The molecule has 0 aromatic carbocycles. The van der Waals surface area contributed by atoms with E-state index in [-0.39, 0.29) is 12.8 Å². The molecular weight excluding hydrogens is 814 g/mol. The Morgan fingerprint density at radius 2 is 1.08 bits per heavy atom. The number of allylic oxidation sites excluding steroid dienone is 5. The number of rotatable bonds is 42. The van der Waals surface area contributed by atoms with Gasteiger partial charge in [0.25, 0.3) is 0 Å². The molecule has 0 radical (unpaired) electrons. The van der Waals surface area contributed by atoms with Gasteiger partial charge >= 0.3 is 27.6 Å². The van der Waals surface area contributed by atoms with Crippen molar-refractivity contribution in [2.45, 2.75) is 205 Å². The van der Waals surface area contributed by atoms with Crippen molar-refractivity contribution in [3.63, 3.8) is 0 Å². The molecule has 350 valence electrons. The maximum absolute atomic E-state index is 12.7. The van der Waals surface area contributed by atoms with Gasteiger partial charge in [0.15, 0.2) is 6.10 Å². The van der Waals surface area contributed by atoms with Gasteiger partial charge in [0.05, 0.1) is 32.0 Å². The molecule has 1 rings (SSSR count).